The molecule has 3 rings (SSSR count). The lowest BCUT2D eigenvalue weighted by atomic mass is 10.2. The third-order valence-corrected chi connectivity index (χ3v) is 3.53. The van der Waals surface area contributed by atoms with Gasteiger partial charge in [-0.15, -0.1) is 0 Å². The summed E-state index contributed by atoms with van der Waals surface area (Å²) < 4.78 is 16.4. The Balaban J connectivity index is 2.46. The second kappa shape index (κ2) is 4.31. The van der Waals surface area contributed by atoms with Crippen LogP contribution in [0.25, 0.3) is 16.7 Å². The zero-order chi connectivity index (χ0) is 13.6. The van der Waals surface area contributed by atoms with Crippen molar-refractivity contribution in [2.45, 2.75) is 13.8 Å². The van der Waals surface area contributed by atoms with E-state index in [2.05, 4.69) is 4.98 Å². The van der Waals surface area contributed by atoms with Gasteiger partial charge in [-0.05, 0) is 55.4 Å². The molecule has 2 aromatic carbocycles. The second-order valence-corrected chi connectivity index (χ2v) is 5.08. The number of nitrogens with one attached hydrogen (secondary N) is 1. The maximum Gasteiger partial charge on any atom is 0.182 e. The minimum atomic E-state index is -0.272. The molecule has 1 N–H and O–H groups in total. The fraction of sp³-hybridized carbons (Fsp3) is 0.133. The van der Waals surface area contributed by atoms with Gasteiger partial charge in [0.1, 0.15) is 5.82 Å². The number of imidazole rings is 1. The van der Waals surface area contributed by atoms with Crippen molar-refractivity contribution < 1.29 is 4.39 Å². The normalized spacial score (nSPS) is 11.1. The predicted octanol–water partition coefficient (Wildman–Crippen LogP) is 4.44. The van der Waals surface area contributed by atoms with E-state index in [0.29, 0.717) is 10.5 Å². The van der Waals surface area contributed by atoms with Crippen LogP contribution in [0.15, 0.2) is 36.4 Å². The third-order valence-electron chi connectivity index (χ3n) is 3.25. The van der Waals surface area contributed by atoms with Crippen LogP contribution in [-0.2, 0) is 0 Å². The number of hydrogen-bond donors (Lipinski definition) is 1. The van der Waals surface area contributed by atoms with Gasteiger partial charge in [-0.1, -0.05) is 18.2 Å². The first-order valence-electron chi connectivity index (χ1n) is 6.05. The average molecular weight is 272 g/mol. The summed E-state index contributed by atoms with van der Waals surface area (Å²) in [5.74, 6) is -0.272. The van der Waals surface area contributed by atoms with E-state index < -0.39 is 0 Å². The number of aryl methyl sites for hydroxylation is 2. The zero-order valence-corrected chi connectivity index (χ0v) is 11.5. The largest absolute Gasteiger partial charge is 0.330 e. The van der Waals surface area contributed by atoms with Gasteiger partial charge in [0.25, 0.3) is 0 Å². The number of aromatic nitrogens is 2. The van der Waals surface area contributed by atoms with Crippen LogP contribution in [-0.4, -0.2) is 9.55 Å². The Morgan fingerprint density at radius 1 is 1.16 bits per heavy atom. The SMILES string of the molecule is Cc1ccc(F)c(-n2c(=S)[nH]c3cccc(C)c32)c1. The first-order chi connectivity index (χ1) is 9.08. The number of benzene rings is 2. The van der Waals surface area contributed by atoms with Gasteiger partial charge in [-0.2, -0.15) is 0 Å². The summed E-state index contributed by atoms with van der Waals surface area (Å²) in [4.78, 5) is 3.12. The maximum absolute atomic E-state index is 14.1. The molecule has 0 amide bonds. The summed E-state index contributed by atoms with van der Waals surface area (Å²) in [5, 5.41) is 0. The molecule has 0 saturated carbocycles. The van der Waals surface area contributed by atoms with Gasteiger partial charge in [0, 0.05) is 0 Å². The molecule has 19 heavy (non-hydrogen) atoms. The molecule has 0 aliphatic carbocycles. The molecule has 0 atom stereocenters. The van der Waals surface area contributed by atoms with Crippen molar-refractivity contribution >= 4 is 23.3 Å². The smallest absolute Gasteiger partial charge is 0.182 e. The highest BCUT2D eigenvalue weighted by Crippen LogP contribution is 2.24. The van der Waals surface area contributed by atoms with Gasteiger partial charge in [0.05, 0.1) is 16.7 Å². The molecule has 0 aliphatic rings. The molecule has 0 unspecified atom stereocenters. The number of rotatable bonds is 1. The van der Waals surface area contributed by atoms with E-state index >= 15 is 0 Å². The monoisotopic (exact) mass is 272 g/mol. The van der Waals surface area contributed by atoms with Gasteiger partial charge >= 0.3 is 0 Å². The number of aromatic amines is 1. The molecule has 3 aromatic rings. The number of halogens is 1. The van der Waals surface area contributed by atoms with Gasteiger partial charge in [0.15, 0.2) is 4.77 Å². The zero-order valence-electron chi connectivity index (χ0n) is 10.7. The number of nitrogens with zero attached hydrogens (tertiary/aromatic N) is 1. The van der Waals surface area contributed by atoms with Crippen molar-refractivity contribution in [3.05, 3.63) is 58.1 Å². The van der Waals surface area contributed by atoms with Crippen LogP contribution in [0.2, 0.25) is 0 Å². The topological polar surface area (TPSA) is 20.7 Å². The molecule has 0 saturated heterocycles. The van der Waals surface area contributed by atoms with E-state index in [1.807, 2.05) is 38.1 Å². The average Bonchev–Trinajstić information content (AvgIpc) is 2.70. The lowest BCUT2D eigenvalue weighted by Gasteiger charge is -2.08. The molecule has 0 aliphatic heterocycles. The highest BCUT2D eigenvalue weighted by Gasteiger charge is 2.12. The summed E-state index contributed by atoms with van der Waals surface area (Å²) in [6.45, 7) is 3.93. The Labute approximate surface area is 115 Å². The van der Waals surface area contributed by atoms with Crippen LogP contribution < -0.4 is 0 Å². The summed E-state index contributed by atoms with van der Waals surface area (Å²) in [6, 6.07) is 10.9. The van der Waals surface area contributed by atoms with Crippen molar-refractivity contribution in [3.63, 3.8) is 0 Å². The van der Waals surface area contributed by atoms with Crippen molar-refractivity contribution in [2.75, 3.05) is 0 Å². The van der Waals surface area contributed by atoms with E-state index in [4.69, 9.17) is 12.2 Å². The highest BCUT2D eigenvalue weighted by molar-refractivity contribution is 7.71. The number of fused-ring (bicyclic) bond motifs is 1. The molecular formula is C15H13FN2S. The van der Waals surface area contributed by atoms with Crippen LogP contribution in [0.5, 0.6) is 0 Å². The number of hydrogen-bond acceptors (Lipinski definition) is 1. The van der Waals surface area contributed by atoms with E-state index in [9.17, 15) is 4.39 Å². The lowest BCUT2D eigenvalue weighted by molar-refractivity contribution is 0.618. The fourth-order valence-electron chi connectivity index (χ4n) is 2.35. The third kappa shape index (κ3) is 1.88. The molecule has 0 spiro atoms. The Morgan fingerprint density at radius 2 is 1.95 bits per heavy atom. The van der Waals surface area contributed by atoms with Gasteiger partial charge < -0.3 is 4.98 Å². The minimum Gasteiger partial charge on any atom is -0.330 e. The summed E-state index contributed by atoms with van der Waals surface area (Å²) in [7, 11) is 0. The number of H-pyrrole nitrogens is 1. The molecule has 0 radical (unpaired) electrons. The Morgan fingerprint density at radius 3 is 2.74 bits per heavy atom. The summed E-state index contributed by atoms with van der Waals surface area (Å²) >= 11 is 5.34. The van der Waals surface area contributed by atoms with Crippen molar-refractivity contribution in [1.29, 1.82) is 0 Å². The number of para-hydroxylation sites is 1. The Bertz CT molecular complexity index is 830. The first kappa shape index (κ1) is 12.1. The molecule has 2 nitrogen and oxygen atoms in total. The maximum atomic E-state index is 14.1. The van der Waals surface area contributed by atoms with E-state index in [-0.39, 0.29) is 5.82 Å². The quantitative estimate of drug-likeness (QED) is 0.649. The van der Waals surface area contributed by atoms with Gasteiger partial charge in [0.2, 0.25) is 0 Å². The van der Waals surface area contributed by atoms with Crippen LogP contribution in [0, 0.1) is 24.4 Å². The van der Waals surface area contributed by atoms with E-state index in [1.54, 1.807) is 10.6 Å². The lowest BCUT2D eigenvalue weighted by Crippen LogP contribution is -1.99. The van der Waals surface area contributed by atoms with Crippen LogP contribution in [0.4, 0.5) is 4.39 Å². The molecular weight excluding hydrogens is 259 g/mol. The molecule has 96 valence electrons. The van der Waals surface area contributed by atoms with E-state index in [1.165, 1.54) is 6.07 Å². The van der Waals surface area contributed by atoms with Crippen LogP contribution >= 0.6 is 12.2 Å². The van der Waals surface area contributed by atoms with E-state index in [0.717, 1.165) is 22.2 Å². The van der Waals surface area contributed by atoms with Crippen molar-refractivity contribution in [1.82, 2.24) is 9.55 Å². The molecule has 4 heteroatoms. The summed E-state index contributed by atoms with van der Waals surface area (Å²) in [6.07, 6.45) is 0. The molecule has 0 bridgehead atoms. The van der Waals surface area contributed by atoms with Crippen molar-refractivity contribution in [2.24, 2.45) is 0 Å². The molecule has 1 heterocycles. The molecule has 0 fully saturated rings. The van der Waals surface area contributed by atoms with Gasteiger partial charge in [-0.3, -0.25) is 4.57 Å². The Hall–Kier alpha value is -1.94. The summed E-state index contributed by atoms with van der Waals surface area (Å²) in [5.41, 5.74) is 4.40. The first-order valence-corrected chi connectivity index (χ1v) is 6.45. The molecule has 1 aromatic heterocycles. The minimum absolute atomic E-state index is 0.272. The fourth-order valence-corrected chi connectivity index (χ4v) is 2.65. The Kier molecular flexibility index (Phi) is 2.75. The standard InChI is InChI=1S/C15H13FN2S/c1-9-6-7-11(16)13(8-9)18-14-10(2)4-3-5-12(14)17-15(18)19/h3-8H,1-2H3,(H,17,19). The van der Waals surface area contributed by atoms with Crippen LogP contribution in [0.3, 0.4) is 0 Å². The van der Waals surface area contributed by atoms with Crippen LogP contribution in [0.1, 0.15) is 11.1 Å². The van der Waals surface area contributed by atoms with Gasteiger partial charge in [-0.25, -0.2) is 4.39 Å². The predicted molar refractivity (Wildman–Crippen MR) is 77.9 cm³/mol. The highest BCUT2D eigenvalue weighted by atomic mass is 32.1. The van der Waals surface area contributed by atoms with Crippen molar-refractivity contribution in [3.8, 4) is 5.69 Å². The second-order valence-electron chi connectivity index (χ2n) is 4.69.